The molecule has 1 heterocycles. The van der Waals surface area contributed by atoms with Crippen molar-refractivity contribution >= 4 is 11.3 Å². The largest absolute Gasteiger partial charge is 0.391 e. The summed E-state index contributed by atoms with van der Waals surface area (Å²) in [5.74, 6) is 0. The van der Waals surface area contributed by atoms with Crippen LogP contribution in [-0.4, -0.2) is 36.5 Å². The molecule has 1 aliphatic rings. The number of aromatic nitrogens is 1. The fourth-order valence-corrected chi connectivity index (χ4v) is 3.41. The van der Waals surface area contributed by atoms with Crippen LogP contribution in [0.3, 0.4) is 0 Å². The smallest absolute Gasteiger partial charge is 0.110 e. The molecule has 1 aliphatic carbocycles. The van der Waals surface area contributed by atoms with Gasteiger partial charge in [-0.3, -0.25) is 0 Å². The van der Waals surface area contributed by atoms with E-state index in [0.29, 0.717) is 13.0 Å². The Labute approximate surface area is 112 Å². The number of hydrogen-bond acceptors (Lipinski definition) is 5. The van der Waals surface area contributed by atoms with Gasteiger partial charge in [0, 0.05) is 12.0 Å². The van der Waals surface area contributed by atoms with Crippen molar-refractivity contribution in [1.29, 1.82) is 0 Å². The van der Waals surface area contributed by atoms with Crippen molar-refractivity contribution in [1.82, 2.24) is 10.3 Å². The number of methoxy groups -OCH3 is 1. The van der Waals surface area contributed by atoms with E-state index < -0.39 is 0 Å². The minimum Gasteiger partial charge on any atom is -0.391 e. The van der Waals surface area contributed by atoms with Crippen molar-refractivity contribution in [3.05, 3.63) is 15.6 Å². The monoisotopic (exact) mass is 270 g/mol. The Balaban J connectivity index is 1.75. The van der Waals surface area contributed by atoms with Crippen molar-refractivity contribution in [3.63, 3.8) is 0 Å². The lowest BCUT2D eigenvalue weighted by Crippen LogP contribution is -2.25. The third kappa shape index (κ3) is 3.51. The molecule has 0 spiro atoms. The summed E-state index contributed by atoms with van der Waals surface area (Å²) < 4.78 is 4.90. The molecule has 2 N–H and O–H groups in total. The third-order valence-corrected chi connectivity index (χ3v) is 4.61. The van der Waals surface area contributed by atoms with Crippen LogP contribution < -0.4 is 5.32 Å². The zero-order valence-corrected chi connectivity index (χ0v) is 11.9. The number of nitrogens with zero attached hydrogens (tertiary/aromatic N) is 1. The Morgan fingerprint density at radius 1 is 1.50 bits per heavy atom. The number of ether oxygens (including phenoxy) is 1. The van der Waals surface area contributed by atoms with E-state index in [2.05, 4.69) is 12.2 Å². The second kappa shape index (κ2) is 6.61. The quantitative estimate of drug-likeness (QED) is 0.791. The zero-order chi connectivity index (χ0) is 13.0. The molecule has 1 aromatic rings. The summed E-state index contributed by atoms with van der Waals surface area (Å²) >= 11 is 1.84. The molecule has 0 aromatic carbocycles. The molecule has 0 amide bonds. The Kier molecular flexibility index (Phi) is 5.12. The first kappa shape index (κ1) is 13.9. The number of hydrogen-bond donors (Lipinski definition) is 2. The van der Waals surface area contributed by atoms with E-state index in [1.165, 1.54) is 28.4 Å². The van der Waals surface area contributed by atoms with Gasteiger partial charge in [-0.2, -0.15) is 0 Å². The van der Waals surface area contributed by atoms with E-state index >= 15 is 0 Å². The van der Waals surface area contributed by atoms with Crippen molar-refractivity contribution < 1.29 is 9.84 Å². The van der Waals surface area contributed by atoms with Gasteiger partial charge in [0.05, 0.1) is 24.4 Å². The molecular formula is C13H22N2O2S. The van der Waals surface area contributed by atoms with E-state index in [-0.39, 0.29) is 12.1 Å². The first-order valence-corrected chi connectivity index (χ1v) is 7.41. The van der Waals surface area contributed by atoms with Crippen LogP contribution in [0.5, 0.6) is 0 Å². The normalized spacial score (nSPS) is 17.7. The predicted molar refractivity (Wildman–Crippen MR) is 73.1 cm³/mol. The van der Waals surface area contributed by atoms with Gasteiger partial charge >= 0.3 is 0 Å². The van der Waals surface area contributed by atoms with Gasteiger partial charge in [-0.05, 0) is 39.2 Å². The highest BCUT2D eigenvalue weighted by Gasteiger charge is 2.19. The molecule has 102 valence electrons. The Morgan fingerprint density at radius 3 is 3.06 bits per heavy atom. The standard InChI is InChI=1S/C13H22N2O2S/c1-9(14-7-6-10(16)8-17-2)13-15-11-4-3-5-12(11)18-13/h9-10,14,16H,3-8H2,1-2H3. The number of rotatable bonds is 7. The molecule has 2 atom stereocenters. The number of aliphatic hydroxyl groups is 1. The Bertz CT molecular complexity index is 360. The van der Waals surface area contributed by atoms with Crippen molar-refractivity contribution in [2.45, 2.75) is 44.8 Å². The average molecular weight is 270 g/mol. The molecule has 0 radical (unpaired) electrons. The molecule has 0 saturated heterocycles. The second-order valence-corrected chi connectivity index (χ2v) is 5.96. The number of aryl methyl sites for hydroxylation is 2. The average Bonchev–Trinajstić information content (AvgIpc) is 2.89. The molecule has 5 heteroatoms. The van der Waals surface area contributed by atoms with Gasteiger partial charge in [-0.1, -0.05) is 0 Å². The summed E-state index contributed by atoms with van der Waals surface area (Å²) in [7, 11) is 1.61. The van der Waals surface area contributed by atoms with Crippen molar-refractivity contribution in [2.24, 2.45) is 0 Å². The van der Waals surface area contributed by atoms with E-state index in [0.717, 1.165) is 13.0 Å². The van der Waals surface area contributed by atoms with Crippen molar-refractivity contribution in [3.8, 4) is 0 Å². The number of thiazole rings is 1. The van der Waals surface area contributed by atoms with E-state index in [9.17, 15) is 5.11 Å². The predicted octanol–water partition coefficient (Wildman–Crippen LogP) is 1.68. The van der Waals surface area contributed by atoms with Gasteiger partial charge in [0.25, 0.3) is 0 Å². The second-order valence-electron chi connectivity index (χ2n) is 4.85. The summed E-state index contributed by atoms with van der Waals surface area (Å²) in [4.78, 5) is 6.16. The molecule has 1 aromatic heterocycles. The number of fused-ring (bicyclic) bond motifs is 1. The summed E-state index contributed by atoms with van der Waals surface area (Å²) in [6.07, 6.45) is 3.94. The van der Waals surface area contributed by atoms with Crippen LogP contribution in [0.25, 0.3) is 0 Å². The fraction of sp³-hybridized carbons (Fsp3) is 0.769. The van der Waals surface area contributed by atoms with Crippen molar-refractivity contribution in [2.75, 3.05) is 20.3 Å². The minimum absolute atomic E-state index is 0.273. The highest BCUT2D eigenvalue weighted by Crippen LogP contribution is 2.30. The first-order valence-electron chi connectivity index (χ1n) is 6.59. The first-order chi connectivity index (χ1) is 8.70. The maximum atomic E-state index is 9.55. The van der Waals surface area contributed by atoms with E-state index in [1.807, 2.05) is 11.3 Å². The molecule has 18 heavy (non-hydrogen) atoms. The molecule has 2 rings (SSSR count). The number of nitrogens with one attached hydrogen (secondary N) is 1. The lowest BCUT2D eigenvalue weighted by atomic mass is 10.2. The van der Waals surface area contributed by atoms with E-state index in [4.69, 9.17) is 9.72 Å². The van der Waals surface area contributed by atoms with Gasteiger partial charge in [-0.25, -0.2) is 4.98 Å². The third-order valence-electron chi connectivity index (χ3n) is 3.27. The molecule has 0 bridgehead atoms. The van der Waals surface area contributed by atoms with Crippen LogP contribution in [0.4, 0.5) is 0 Å². The van der Waals surface area contributed by atoms with Gasteiger partial charge in [0.15, 0.2) is 0 Å². The van der Waals surface area contributed by atoms with Gasteiger partial charge in [0.1, 0.15) is 5.01 Å². The highest BCUT2D eigenvalue weighted by molar-refractivity contribution is 7.11. The van der Waals surface area contributed by atoms with Crippen LogP contribution in [0.2, 0.25) is 0 Å². The molecule has 0 saturated carbocycles. The highest BCUT2D eigenvalue weighted by atomic mass is 32.1. The van der Waals surface area contributed by atoms with Crippen LogP contribution in [0.15, 0.2) is 0 Å². The molecule has 2 unspecified atom stereocenters. The molecule has 0 aliphatic heterocycles. The summed E-state index contributed by atoms with van der Waals surface area (Å²) in [6.45, 7) is 3.33. The SMILES string of the molecule is COCC(O)CCNC(C)c1nc2c(s1)CCC2. The Morgan fingerprint density at radius 2 is 2.33 bits per heavy atom. The number of aliphatic hydroxyl groups excluding tert-OH is 1. The maximum absolute atomic E-state index is 9.55. The van der Waals surface area contributed by atoms with Crippen LogP contribution in [0, 0.1) is 0 Å². The van der Waals surface area contributed by atoms with Gasteiger partial charge < -0.3 is 15.2 Å². The minimum atomic E-state index is -0.379. The topological polar surface area (TPSA) is 54.4 Å². The molecule has 0 fully saturated rings. The summed E-state index contributed by atoms with van der Waals surface area (Å²) in [6, 6.07) is 0.273. The molecular weight excluding hydrogens is 248 g/mol. The zero-order valence-electron chi connectivity index (χ0n) is 11.1. The Hall–Kier alpha value is -0.490. The fourth-order valence-electron chi connectivity index (χ4n) is 2.23. The van der Waals surface area contributed by atoms with Gasteiger partial charge in [-0.15, -0.1) is 11.3 Å². The van der Waals surface area contributed by atoms with Crippen LogP contribution in [-0.2, 0) is 17.6 Å². The van der Waals surface area contributed by atoms with E-state index in [1.54, 1.807) is 7.11 Å². The molecule has 4 nitrogen and oxygen atoms in total. The van der Waals surface area contributed by atoms with Crippen LogP contribution in [0.1, 0.15) is 41.4 Å². The summed E-state index contributed by atoms with van der Waals surface area (Å²) in [5, 5.41) is 14.1. The van der Waals surface area contributed by atoms with Crippen LogP contribution >= 0.6 is 11.3 Å². The van der Waals surface area contributed by atoms with Gasteiger partial charge in [0.2, 0.25) is 0 Å². The lowest BCUT2D eigenvalue weighted by Gasteiger charge is -2.13. The maximum Gasteiger partial charge on any atom is 0.110 e. The summed E-state index contributed by atoms with van der Waals surface area (Å²) in [5.41, 5.74) is 1.31. The lowest BCUT2D eigenvalue weighted by molar-refractivity contribution is 0.0590.